The number of aryl methyl sites for hydroxylation is 2. The maximum atomic E-state index is 13.0. The van der Waals surface area contributed by atoms with E-state index in [1.807, 2.05) is 42.5 Å². The number of benzene rings is 3. The van der Waals surface area contributed by atoms with Crippen LogP contribution in [0.3, 0.4) is 0 Å². The largest absolute Gasteiger partial charge is 0.345 e. The van der Waals surface area contributed by atoms with Crippen LogP contribution in [0.25, 0.3) is 0 Å². The molecule has 0 fully saturated rings. The summed E-state index contributed by atoms with van der Waals surface area (Å²) >= 11 is 1.70. The van der Waals surface area contributed by atoms with Crippen LogP contribution in [-0.2, 0) is 5.75 Å². The first-order valence-corrected chi connectivity index (χ1v) is 10.7. The normalized spacial score (nSPS) is 11.8. The molecule has 144 valence electrons. The van der Waals surface area contributed by atoms with Crippen molar-refractivity contribution in [2.24, 2.45) is 0 Å². The maximum absolute atomic E-state index is 13.0. The van der Waals surface area contributed by atoms with Gasteiger partial charge in [-0.3, -0.25) is 4.79 Å². The fourth-order valence-electron chi connectivity index (χ4n) is 3.15. The Labute approximate surface area is 172 Å². The van der Waals surface area contributed by atoms with E-state index < -0.39 is 0 Å². The lowest BCUT2D eigenvalue weighted by molar-refractivity contribution is 0.0932. The quantitative estimate of drug-likeness (QED) is 0.469. The Morgan fingerprint density at radius 3 is 2.36 bits per heavy atom. The van der Waals surface area contributed by atoms with Crippen LogP contribution in [0.15, 0.2) is 77.7 Å². The third kappa shape index (κ3) is 5.05. The van der Waals surface area contributed by atoms with Gasteiger partial charge in [0.15, 0.2) is 0 Å². The molecule has 3 aromatic rings. The molecule has 0 saturated heterocycles. The minimum absolute atomic E-state index is 0.0127. The summed E-state index contributed by atoms with van der Waals surface area (Å²) in [5.41, 5.74) is 5.68. The zero-order valence-corrected chi connectivity index (χ0v) is 17.6. The van der Waals surface area contributed by atoms with Gasteiger partial charge in [-0.25, -0.2) is 0 Å². The predicted octanol–water partition coefficient (Wildman–Crippen LogP) is 6.48. The molecule has 0 aliphatic heterocycles. The van der Waals surface area contributed by atoms with Gasteiger partial charge in [-0.1, -0.05) is 67.6 Å². The molecule has 0 spiro atoms. The Balaban J connectivity index is 1.75. The van der Waals surface area contributed by atoms with Gasteiger partial charge in [0.2, 0.25) is 0 Å². The molecule has 3 heteroatoms. The number of hydrogen-bond acceptors (Lipinski definition) is 2. The van der Waals surface area contributed by atoms with Gasteiger partial charge in [-0.05, 0) is 54.7 Å². The SMILES string of the molecule is CC[C@H](NC(=O)c1ccccc1SCc1ccccc1)c1ccc(C)c(C)c1. The van der Waals surface area contributed by atoms with Gasteiger partial charge < -0.3 is 5.32 Å². The molecule has 0 bridgehead atoms. The van der Waals surface area contributed by atoms with Gasteiger partial charge in [-0.2, -0.15) is 0 Å². The lowest BCUT2D eigenvalue weighted by atomic mass is 9.99. The number of thioether (sulfide) groups is 1. The van der Waals surface area contributed by atoms with Gasteiger partial charge >= 0.3 is 0 Å². The van der Waals surface area contributed by atoms with Gasteiger partial charge in [0, 0.05) is 10.6 Å². The van der Waals surface area contributed by atoms with Crippen LogP contribution >= 0.6 is 11.8 Å². The van der Waals surface area contributed by atoms with Crippen molar-refractivity contribution in [3.8, 4) is 0 Å². The molecule has 3 rings (SSSR count). The summed E-state index contributed by atoms with van der Waals surface area (Å²) in [6, 6.07) is 24.6. The van der Waals surface area contributed by atoms with E-state index >= 15 is 0 Å². The summed E-state index contributed by atoms with van der Waals surface area (Å²) in [6.07, 6.45) is 0.855. The van der Waals surface area contributed by atoms with Crippen molar-refractivity contribution >= 4 is 17.7 Å². The van der Waals surface area contributed by atoms with Gasteiger partial charge in [0.25, 0.3) is 5.91 Å². The molecule has 0 unspecified atom stereocenters. The fraction of sp³-hybridized carbons (Fsp3) is 0.240. The molecule has 1 amide bonds. The van der Waals surface area contributed by atoms with E-state index in [0.717, 1.165) is 28.2 Å². The van der Waals surface area contributed by atoms with E-state index in [-0.39, 0.29) is 11.9 Å². The molecule has 0 aliphatic rings. The maximum Gasteiger partial charge on any atom is 0.252 e. The van der Waals surface area contributed by atoms with E-state index in [4.69, 9.17) is 0 Å². The van der Waals surface area contributed by atoms with Crippen molar-refractivity contribution in [3.05, 3.63) is 101 Å². The molecular formula is C25H27NOS. The smallest absolute Gasteiger partial charge is 0.252 e. The third-order valence-electron chi connectivity index (χ3n) is 5.02. The molecular weight excluding hydrogens is 362 g/mol. The molecule has 0 aliphatic carbocycles. The second-order valence-electron chi connectivity index (χ2n) is 7.05. The van der Waals surface area contributed by atoms with Crippen molar-refractivity contribution < 1.29 is 4.79 Å². The number of nitrogens with one attached hydrogen (secondary N) is 1. The standard InChI is InChI=1S/C25H27NOS/c1-4-23(21-15-14-18(2)19(3)16-21)26-25(27)22-12-8-9-13-24(22)28-17-20-10-6-5-7-11-20/h5-16,23H,4,17H2,1-3H3,(H,26,27)/t23-/m0/s1. The minimum atomic E-state index is -0.0127. The highest BCUT2D eigenvalue weighted by Gasteiger charge is 2.17. The van der Waals surface area contributed by atoms with Crippen LogP contribution in [0.2, 0.25) is 0 Å². The average molecular weight is 390 g/mol. The summed E-state index contributed by atoms with van der Waals surface area (Å²) in [5.74, 6) is 0.834. The molecule has 1 atom stereocenters. The van der Waals surface area contributed by atoms with Crippen molar-refractivity contribution in [1.29, 1.82) is 0 Å². The van der Waals surface area contributed by atoms with Crippen LogP contribution in [0, 0.1) is 13.8 Å². The van der Waals surface area contributed by atoms with Crippen molar-refractivity contribution in [2.75, 3.05) is 0 Å². The predicted molar refractivity (Wildman–Crippen MR) is 119 cm³/mol. The highest BCUT2D eigenvalue weighted by molar-refractivity contribution is 7.98. The van der Waals surface area contributed by atoms with Gasteiger partial charge in [-0.15, -0.1) is 11.8 Å². The lowest BCUT2D eigenvalue weighted by Crippen LogP contribution is -2.28. The highest BCUT2D eigenvalue weighted by atomic mass is 32.2. The summed E-state index contributed by atoms with van der Waals surface area (Å²) in [7, 11) is 0. The Kier molecular flexibility index (Phi) is 6.94. The van der Waals surface area contributed by atoms with E-state index in [1.54, 1.807) is 11.8 Å². The molecule has 0 aromatic heterocycles. The number of amides is 1. The van der Waals surface area contributed by atoms with E-state index in [1.165, 1.54) is 16.7 Å². The Morgan fingerprint density at radius 2 is 1.64 bits per heavy atom. The van der Waals surface area contributed by atoms with Crippen molar-refractivity contribution in [1.82, 2.24) is 5.32 Å². The number of hydrogen-bond donors (Lipinski definition) is 1. The minimum Gasteiger partial charge on any atom is -0.345 e. The Morgan fingerprint density at radius 1 is 0.929 bits per heavy atom. The molecule has 3 aromatic carbocycles. The molecule has 0 heterocycles. The summed E-state index contributed by atoms with van der Waals surface area (Å²) in [5, 5.41) is 3.23. The highest BCUT2D eigenvalue weighted by Crippen LogP contribution is 2.27. The summed E-state index contributed by atoms with van der Waals surface area (Å²) in [4.78, 5) is 14.1. The van der Waals surface area contributed by atoms with Crippen LogP contribution in [-0.4, -0.2) is 5.91 Å². The monoisotopic (exact) mass is 389 g/mol. The van der Waals surface area contributed by atoms with Crippen LogP contribution in [0.4, 0.5) is 0 Å². The molecule has 2 nitrogen and oxygen atoms in total. The second kappa shape index (κ2) is 9.61. The van der Waals surface area contributed by atoms with E-state index in [2.05, 4.69) is 56.4 Å². The van der Waals surface area contributed by atoms with Crippen molar-refractivity contribution in [3.63, 3.8) is 0 Å². The molecule has 1 N–H and O–H groups in total. The Bertz CT molecular complexity index is 936. The number of carbonyl (C=O) groups excluding carboxylic acids is 1. The first-order chi connectivity index (χ1) is 13.6. The van der Waals surface area contributed by atoms with E-state index in [9.17, 15) is 4.79 Å². The average Bonchev–Trinajstić information content (AvgIpc) is 2.73. The number of carbonyl (C=O) groups is 1. The third-order valence-corrected chi connectivity index (χ3v) is 6.16. The zero-order valence-electron chi connectivity index (χ0n) is 16.7. The second-order valence-corrected chi connectivity index (χ2v) is 8.07. The van der Waals surface area contributed by atoms with Crippen LogP contribution in [0.1, 0.15) is 52.0 Å². The topological polar surface area (TPSA) is 29.1 Å². The molecule has 0 radical (unpaired) electrons. The molecule has 28 heavy (non-hydrogen) atoms. The van der Waals surface area contributed by atoms with Crippen LogP contribution in [0.5, 0.6) is 0 Å². The summed E-state index contributed by atoms with van der Waals surface area (Å²) < 4.78 is 0. The summed E-state index contributed by atoms with van der Waals surface area (Å²) in [6.45, 7) is 6.33. The van der Waals surface area contributed by atoms with Gasteiger partial charge in [0.05, 0.1) is 11.6 Å². The van der Waals surface area contributed by atoms with Crippen LogP contribution < -0.4 is 5.32 Å². The fourth-order valence-corrected chi connectivity index (χ4v) is 4.16. The van der Waals surface area contributed by atoms with E-state index in [0.29, 0.717) is 0 Å². The van der Waals surface area contributed by atoms with Gasteiger partial charge in [0.1, 0.15) is 0 Å². The number of rotatable bonds is 7. The first-order valence-electron chi connectivity index (χ1n) is 9.72. The van der Waals surface area contributed by atoms with Crippen molar-refractivity contribution in [2.45, 2.75) is 43.9 Å². The first kappa shape index (κ1) is 20.2. The lowest BCUT2D eigenvalue weighted by Gasteiger charge is -2.19. The zero-order chi connectivity index (χ0) is 19.9. The Hall–Kier alpha value is -2.52. The molecule has 0 saturated carbocycles.